The highest BCUT2D eigenvalue weighted by molar-refractivity contribution is 5.67. The molecule has 0 unspecified atom stereocenters. The molecule has 1 heterocycles. The maximum absolute atomic E-state index is 5.52. The largest absolute Gasteiger partial charge is 0.308 e. The standard InChI is InChI=1S/C14H18N4/c1-3-7-12-16-13(10(2)14(17-12)18-15)11-8-5-4-6-9-11/h4-6,8-9H,3,7,15H2,1-2H3,(H,16,17,18). The lowest BCUT2D eigenvalue weighted by Crippen LogP contribution is -2.13. The summed E-state index contributed by atoms with van der Waals surface area (Å²) in [5.74, 6) is 7.05. The topological polar surface area (TPSA) is 63.8 Å². The lowest BCUT2D eigenvalue weighted by atomic mass is 10.1. The van der Waals surface area contributed by atoms with Crippen molar-refractivity contribution >= 4 is 5.82 Å². The molecule has 0 aliphatic carbocycles. The van der Waals surface area contributed by atoms with E-state index in [0.717, 1.165) is 35.5 Å². The predicted molar refractivity (Wildman–Crippen MR) is 74.0 cm³/mol. The van der Waals surface area contributed by atoms with E-state index in [2.05, 4.69) is 22.3 Å². The van der Waals surface area contributed by atoms with Crippen LogP contribution >= 0.6 is 0 Å². The lowest BCUT2D eigenvalue weighted by molar-refractivity contribution is 0.833. The number of rotatable bonds is 4. The van der Waals surface area contributed by atoms with Gasteiger partial charge in [0.15, 0.2) is 0 Å². The number of nitrogens with zero attached hydrogens (tertiary/aromatic N) is 2. The van der Waals surface area contributed by atoms with Crippen LogP contribution in [0.1, 0.15) is 24.7 Å². The number of hydrogen-bond donors (Lipinski definition) is 2. The summed E-state index contributed by atoms with van der Waals surface area (Å²) in [5.41, 5.74) is 5.66. The maximum atomic E-state index is 5.52. The third-order valence-electron chi connectivity index (χ3n) is 2.85. The Labute approximate surface area is 107 Å². The SMILES string of the molecule is CCCc1nc(NN)c(C)c(-c2ccccc2)n1. The Bertz CT molecular complexity index is 523. The number of nitrogens with one attached hydrogen (secondary N) is 1. The van der Waals surface area contributed by atoms with E-state index in [1.165, 1.54) is 0 Å². The van der Waals surface area contributed by atoms with Gasteiger partial charge in [0.25, 0.3) is 0 Å². The van der Waals surface area contributed by atoms with E-state index < -0.39 is 0 Å². The summed E-state index contributed by atoms with van der Waals surface area (Å²) in [7, 11) is 0. The first-order chi connectivity index (χ1) is 8.76. The van der Waals surface area contributed by atoms with Crippen LogP contribution in [0.25, 0.3) is 11.3 Å². The van der Waals surface area contributed by atoms with Crippen LogP contribution in [-0.4, -0.2) is 9.97 Å². The first-order valence-electron chi connectivity index (χ1n) is 6.15. The van der Waals surface area contributed by atoms with E-state index in [0.29, 0.717) is 5.82 Å². The van der Waals surface area contributed by atoms with Crippen LogP contribution in [0, 0.1) is 6.92 Å². The van der Waals surface area contributed by atoms with Crippen molar-refractivity contribution in [3.05, 3.63) is 41.7 Å². The summed E-state index contributed by atoms with van der Waals surface area (Å²) in [6.07, 6.45) is 1.87. The van der Waals surface area contributed by atoms with Gasteiger partial charge in [0, 0.05) is 17.5 Å². The highest BCUT2D eigenvalue weighted by atomic mass is 15.3. The molecule has 2 aromatic rings. The fourth-order valence-corrected chi connectivity index (χ4v) is 1.92. The number of aryl methyl sites for hydroxylation is 1. The Hall–Kier alpha value is -1.94. The van der Waals surface area contributed by atoms with Crippen molar-refractivity contribution in [2.24, 2.45) is 5.84 Å². The molecule has 0 atom stereocenters. The van der Waals surface area contributed by atoms with Gasteiger partial charge in [-0.25, -0.2) is 15.8 Å². The summed E-state index contributed by atoms with van der Waals surface area (Å²) < 4.78 is 0. The average molecular weight is 242 g/mol. The van der Waals surface area contributed by atoms with E-state index in [1.807, 2.05) is 37.3 Å². The molecule has 18 heavy (non-hydrogen) atoms. The van der Waals surface area contributed by atoms with Gasteiger partial charge in [0.05, 0.1) is 5.69 Å². The summed E-state index contributed by atoms with van der Waals surface area (Å²) in [4.78, 5) is 9.05. The van der Waals surface area contributed by atoms with Crippen LogP contribution in [0.3, 0.4) is 0 Å². The van der Waals surface area contributed by atoms with Gasteiger partial charge in [-0.2, -0.15) is 0 Å². The van der Waals surface area contributed by atoms with Crippen molar-refractivity contribution in [2.45, 2.75) is 26.7 Å². The zero-order chi connectivity index (χ0) is 13.0. The van der Waals surface area contributed by atoms with Crippen molar-refractivity contribution in [1.82, 2.24) is 9.97 Å². The number of nitrogens with two attached hydrogens (primary N) is 1. The van der Waals surface area contributed by atoms with Gasteiger partial charge in [-0.3, -0.25) is 0 Å². The second kappa shape index (κ2) is 5.60. The molecule has 0 aliphatic heterocycles. The molecule has 4 heteroatoms. The number of nitrogen functional groups attached to an aromatic ring is 1. The van der Waals surface area contributed by atoms with E-state index in [4.69, 9.17) is 5.84 Å². The fraction of sp³-hybridized carbons (Fsp3) is 0.286. The van der Waals surface area contributed by atoms with E-state index in [9.17, 15) is 0 Å². The second-order valence-corrected chi connectivity index (χ2v) is 4.22. The molecule has 1 aromatic carbocycles. The molecule has 0 amide bonds. The normalized spacial score (nSPS) is 10.4. The summed E-state index contributed by atoms with van der Waals surface area (Å²) >= 11 is 0. The lowest BCUT2D eigenvalue weighted by Gasteiger charge is -2.11. The Kier molecular flexibility index (Phi) is 3.89. The highest BCUT2D eigenvalue weighted by Gasteiger charge is 2.11. The van der Waals surface area contributed by atoms with Crippen molar-refractivity contribution in [3.63, 3.8) is 0 Å². The minimum atomic E-state index is 0.701. The number of aromatic nitrogens is 2. The van der Waals surface area contributed by atoms with Gasteiger partial charge in [0.2, 0.25) is 0 Å². The van der Waals surface area contributed by atoms with E-state index in [1.54, 1.807) is 0 Å². The zero-order valence-corrected chi connectivity index (χ0v) is 10.8. The smallest absolute Gasteiger partial charge is 0.147 e. The molecule has 0 aliphatic rings. The molecule has 0 bridgehead atoms. The minimum absolute atomic E-state index is 0.701. The quantitative estimate of drug-likeness (QED) is 0.639. The number of benzene rings is 1. The molecular weight excluding hydrogens is 224 g/mol. The van der Waals surface area contributed by atoms with Crippen LogP contribution < -0.4 is 11.3 Å². The Morgan fingerprint density at radius 3 is 2.50 bits per heavy atom. The first kappa shape index (κ1) is 12.5. The molecule has 1 aromatic heterocycles. The number of hydrazine groups is 1. The number of hydrogen-bond acceptors (Lipinski definition) is 4. The predicted octanol–water partition coefficient (Wildman–Crippen LogP) is 2.69. The van der Waals surface area contributed by atoms with Gasteiger partial charge >= 0.3 is 0 Å². The molecule has 0 saturated carbocycles. The third-order valence-corrected chi connectivity index (χ3v) is 2.85. The first-order valence-corrected chi connectivity index (χ1v) is 6.15. The van der Waals surface area contributed by atoms with Gasteiger partial charge in [0.1, 0.15) is 11.6 Å². The van der Waals surface area contributed by atoms with Crippen molar-refractivity contribution < 1.29 is 0 Å². The molecule has 0 radical (unpaired) electrons. The molecule has 0 fully saturated rings. The molecule has 3 N–H and O–H groups in total. The van der Waals surface area contributed by atoms with Crippen LogP contribution in [-0.2, 0) is 6.42 Å². The minimum Gasteiger partial charge on any atom is -0.308 e. The average Bonchev–Trinajstić information content (AvgIpc) is 2.42. The number of anilines is 1. The van der Waals surface area contributed by atoms with Gasteiger partial charge in [-0.15, -0.1) is 0 Å². The summed E-state index contributed by atoms with van der Waals surface area (Å²) in [6.45, 7) is 4.09. The highest BCUT2D eigenvalue weighted by Crippen LogP contribution is 2.25. The van der Waals surface area contributed by atoms with Crippen molar-refractivity contribution in [1.29, 1.82) is 0 Å². The van der Waals surface area contributed by atoms with Gasteiger partial charge in [-0.05, 0) is 13.3 Å². The van der Waals surface area contributed by atoms with Crippen LogP contribution in [0.15, 0.2) is 30.3 Å². The summed E-state index contributed by atoms with van der Waals surface area (Å²) in [5, 5.41) is 0. The van der Waals surface area contributed by atoms with Gasteiger partial charge < -0.3 is 5.43 Å². The van der Waals surface area contributed by atoms with Crippen LogP contribution in [0.5, 0.6) is 0 Å². The van der Waals surface area contributed by atoms with E-state index in [-0.39, 0.29) is 0 Å². The molecule has 0 saturated heterocycles. The van der Waals surface area contributed by atoms with Crippen molar-refractivity contribution in [3.8, 4) is 11.3 Å². The Morgan fingerprint density at radius 1 is 1.17 bits per heavy atom. The molecule has 2 rings (SSSR count). The summed E-state index contributed by atoms with van der Waals surface area (Å²) in [6, 6.07) is 10.1. The van der Waals surface area contributed by atoms with Crippen molar-refractivity contribution in [2.75, 3.05) is 5.43 Å². The molecule has 0 spiro atoms. The fourth-order valence-electron chi connectivity index (χ4n) is 1.92. The Morgan fingerprint density at radius 2 is 1.89 bits per heavy atom. The van der Waals surface area contributed by atoms with Gasteiger partial charge in [-0.1, -0.05) is 37.3 Å². The second-order valence-electron chi connectivity index (χ2n) is 4.22. The third kappa shape index (κ3) is 2.49. The molecule has 94 valence electrons. The molecule has 4 nitrogen and oxygen atoms in total. The Balaban J connectivity index is 2.55. The van der Waals surface area contributed by atoms with Crippen LogP contribution in [0.4, 0.5) is 5.82 Å². The maximum Gasteiger partial charge on any atom is 0.147 e. The van der Waals surface area contributed by atoms with Crippen LogP contribution in [0.2, 0.25) is 0 Å². The zero-order valence-electron chi connectivity index (χ0n) is 10.8. The molecular formula is C14H18N4. The van der Waals surface area contributed by atoms with E-state index >= 15 is 0 Å². The monoisotopic (exact) mass is 242 g/mol.